The fourth-order valence-corrected chi connectivity index (χ4v) is 6.17. The number of nitriles is 1. The first kappa shape index (κ1) is 29.6. The number of nitrogens with one attached hydrogen (secondary N) is 1. The summed E-state index contributed by atoms with van der Waals surface area (Å²) < 4.78 is 5.71. The Morgan fingerprint density at radius 1 is 1.18 bits per heavy atom. The highest BCUT2D eigenvalue weighted by molar-refractivity contribution is 7.18. The number of thiazole rings is 1. The van der Waals surface area contributed by atoms with Crippen LogP contribution in [-0.2, 0) is 12.8 Å². The molecule has 1 fully saturated rings. The Labute approximate surface area is 244 Å². The second-order valence-electron chi connectivity index (χ2n) is 10.7. The summed E-state index contributed by atoms with van der Waals surface area (Å²) in [7, 11) is 4.20. The van der Waals surface area contributed by atoms with Crippen molar-refractivity contribution in [1.82, 2.24) is 20.1 Å². The minimum Gasteiger partial charge on any atom is -0.490 e. The molecule has 6 nitrogen and oxygen atoms in total. The molecule has 0 amide bonds. The van der Waals surface area contributed by atoms with Gasteiger partial charge >= 0.3 is 0 Å². The molecular formula is C33H43N5OS. The molecule has 2 aliphatic rings. The number of rotatable bonds is 8. The monoisotopic (exact) mass is 557 g/mol. The Kier molecular flexibility index (Phi) is 10.6. The second kappa shape index (κ2) is 14.3. The van der Waals surface area contributed by atoms with Gasteiger partial charge in [0.1, 0.15) is 16.8 Å². The quantitative estimate of drug-likeness (QED) is 0.332. The topological polar surface area (TPSA) is 64.4 Å². The van der Waals surface area contributed by atoms with E-state index in [1.165, 1.54) is 66.2 Å². The van der Waals surface area contributed by atoms with Crippen molar-refractivity contribution in [2.45, 2.75) is 59.0 Å². The number of fused-ring (bicyclic) bond motifs is 1. The zero-order valence-corrected chi connectivity index (χ0v) is 25.5. The number of unbranched alkanes of at least 4 members (excludes halogenated alkanes) is 1. The number of aryl methyl sites for hydroxylation is 1. The van der Waals surface area contributed by atoms with E-state index in [1.807, 2.05) is 45.3 Å². The first-order valence-corrected chi connectivity index (χ1v) is 15.3. The van der Waals surface area contributed by atoms with Crippen LogP contribution >= 0.6 is 11.3 Å². The molecule has 2 heterocycles. The van der Waals surface area contributed by atoms with E-state index < -0.39 is 0 Å². The Balaban J connectivity index is 0.000000224. The van der Waals surface area contributed by atoms with Crippen LogP contribution in [0.5, 0.6) is 5.75 Å². The van der Waals surface area contributed by atoms with E-state index >= 15 is 0 Å². The summed E-state index contributed by atoms with van der Waals surface area (Å²) in [6.45, 7) is 10.8. The molecule has 5 rings (SSSR count). The molecule has 1 saturated heterocycles. The van der Waals surface area contributed by atoms with Crippen molar-refractivity contribution in [3.05, 3.63) is 71.2 Å². The van der Waals surface area contributed by atoms with E-state index in [9.17, 15) is 5.26 Å². The van der Waals surface area contributed by atoms with Crippen molar-refractivity contribution < 1.29 is 4.74 Å². The largest absolute Gasteiger partial charge is 0.490 e. The fourth-order valence-electron chi connectivity index (χ4n) is 5.21. The molecule has 7 heteroatoms. The van der Waals surface area contributed by atoms with Crippen LogP contribution in [0.3, 0.4) is 0 Å². The SMILES string of the molecule is CC(C)Oc1ccc(-c2ncc(-c3cccc4c3CCC4)s2)cc1C#N.CCC/C=C(/NC)N1CCN(C)CC1. The highest BCUT2D eigenvalue weighted by Crippen LogP contribution is 2.38. The predicted molar refractivity (Wildman–Crippen MR) is 167 cm³/mol. The van der Waals surface area contributed by atoms with Crippen LogP contribution < -0.4 is 10.1 Å². The van der Waals surface area contributed by atoms with Gasteiger partial charge in [-0.15, -0.1) is 11.3 Å². The molecule has 0 spiro atoms. The summed E-state index contributed by atoms with van der Waals surface area (Å²) in [6, 6.07) is 14.5. The summed E-state index contributed by atoms with van der Waals surface area (Å²) in [6.07, 6.45) is 10.3. The molecule has 40 heavy (non-hydrogen) atoms. The fraction of sp³-hybridized carbons (Fsp3) is 0.455. The number of piperazine rings is 1. The van der Waals surface area contributed by atoms with Gasteiger partial charge in [0.2, 0.25) is 0 Å². The minimum absolute atomic E-state index is 0.0413. The smallest absolute Gasteiger partial charge is 0.137 e. The van der Waals surface area contributed by atoms with Gasteiger partial charge in [0.05, 0.1) is 22.4 Å². The van der Waals surface area contributed by atoms with Crippen LogP contribution in [0.25, 0.3) is 21.0 Å². The molecule has 1 aromatic heterocycles. The summed E-state index contributed by atoms with van der Waals surface area (Å²) >= 11 is 1.68. The number of allylic oxidation sites excluding steroid dienone is 1. The molecule has 0 bridgehead atoms. The molecule has 0 unspecified atom stereocenters. The highest BCUT2D eigenvalue weighted by Gasteiger charge is 2.18. The number of ether oxygens (including phenoxy) is 1. The molecule has 1 aliphatic carbocycles. The molecule has 0 radical (unpaired) electrons. The number of likely N-dealkylation sites (N-methyl/N-ethyl adjacent to an activating group) is 1. The minimum atomic E-state index is 0.0413. The van der Waals surface area contributed by atoms with Crippen LogP contribution in [0, 0.1) is 11.3 Å². The lowest BCUT2D eigenvalue weighted by atomic mass is 10.0. The van der Waals surface area contributed by atoms with Crippen molar-refractivity contribution in [1.29, 1.82) is 5.26 Å². The lowest BCUT2D eigenvalue weighted by Gasteiger charge is -2.35. The number of benzene rings is 2. The zero-order valence-electron chi connectivity index (χ0n) is 24.7. The van der Waals surface area contributed by atoms with Crippen molar-refractivity contribution in [2.75, 3.05) is 40.3 Å². The van der Waals surface area contributed by atoms with Gasteiger partial charge in [-0.3, -0.25) is 0 Å². The number of aromatic nitrogens is 1. The second-order valence-corrected chi connectivity index (χ2v) is 11.8. The van der Waals surface area contributed by atoms with Crippen LogP contribution in [0.1, 0.15) is 56.7 Å². The molecular weight excluding hydrogens is 514 g/mol. The van der Waals surface area contributed by atoms with Gasteiger partial charge in [0.25, 0.3) is 0 Å². The van der Waals surface area contributed by atoms with Gasteiger partial charge in [0, 0.05) is 45.0 Å². The van der Waals surface area contributed by atoms with Crippen LogP contribution in [0.15, 0.2) is 54.5 Å². The Bertz CT molecular complexity index is 1330. The third kappa shape index (κ3) is 7.44. The maximum atomic E-state index is 9.44. The van der Waals surface area contributed by atoms with Gasteiger partial charge in [-0.2, -0.15) is 5.26 Å². The third-order valence-corrected chi connectivity index (χ3v) is 8.43. The van der Waals surface area contributed by atoms with E-state index in [-0.39, 0.29) is 6.10 Å². The molecule has 1 aliphatic heterocycles. The van der Waals surface area contributed by atoms with Gasteiger partial charge in [-0.05, 0) is 87.5 Å². The first-order chi connectivity index (χ1) is 19.4. The maximum Gasteiger partial charge on any atom is 0.137 e. The van der Waals surface area contributed by atoms with Crippen molar-refractivity contribution in [3.8, 4) is 32.8 Å². The van der Waals surface area contributed by atoms with Crippen molar-refractivity contribution in [3.63, 3.8) is 0 Å². The van der Waals surface area contributed by atoms with Gasteiger partial charge in [0.15, 0.2) is 0 Å². The summed E-state index contributed by atoms with van der Waals surface area (Å²) in [5, 5.41) is 13.7. The van der Waals surface area contributed by atoms with E-state index in [0.717, 1.165) is 30.1 Å². The maximum absolute atomic E-state index is 9.44. The summed E-state index contributed by atoms with van der Waals surface area (Å²) in [4.78, 5) is 10.6. The highest BCUT2D eigenvalue weighted by atomic mass is 32.1. The van der Waals surface area contributed by atoms with Crippen LogP contribution in [-0.4, -0.2) is 61.2 Å². The summed E-state index contributed by atoms with van der Waals surface area (Å²) in [5.74, 6) is 1.93. The molecule has 0 atom stereocenters. The third-order valence-electron chi connectivity index (χ3n) is 7.35. The van der Waals surface area contributed by atoms with Gasteiger partial charge in [-0.25, -0.2) is 4.98 Å². The van der Waals surface area contributed by atoms with Crippen molar-refractivity contribution in [2.24, 2.45) is 0 Å². The average molecular weight is 558 g/mol. The predicted octanol–water partition coefficient (Wildman–Crippen LogP) is 6.72. The lowest BCUT2D eigenvalue weighted by molar-refractivity contribution is 0.179. The van der Waals surface area contributed by atoms with Crippen LogP contribution in [0.2, 0.25) is 0 Å². The number of hydrogen-bond acceptors (Lipinski definition) is 7. The van der Waals surface area contributed by atoms with E-state index in [0.29, 0.717) is 11.3 Å². The normalized spacial score (nSPS) is 15.3. The van der Waals surface area contributed by atoms with E-state index in [4.69, 9.17) is 4.74 Å². The van der Waals surface area contributed by atoms with E-state index in [2.05, 4.69) is 64.4 Å². The van der Waals surface area contributed by atoms with Gasteiger partial charge in [-0.1, -0.05) is 31.5 Å². The molecule has 3 aromatic rings. The Morgan fingerprint density at radius 3 is 2.67 bits per heavy atom. The average Bonchev–Trinajstić information content (AvgIpc) is 3.65. The lowest BCUT2D eigenvalue weighted by Crippen LogP contribution is -2.45. The number of hydrogen-bond donors (Lipinski definition) is 1. The van der Waals surface area contributed by atoms with E-state index in [1.54, 1.807) is 11.3 Å². The first-order valence-electron chi connectivity index (χ1n) is 14.5. The zero-order chi connectivity index (χ0) is 28.5. The van der Waals surface area contributed by atoms with Crippen LogP contribution in [0.4, 0.5) is 0 Å². The molecule has 0 saturated carbocycles. The Morgan fingerprint density at radius 2 is 1.98 bits per heavy atom. The molecule has 2 aromatic carbocycles. The molecule has 212 valence electrons. The number of nitrogens with zero attached hydrogens (tertiary/aromatic N) is 4. The summed E-state index contributed by atoms with van der Waals surface area (Å²) in [5.41, 5.74) is 5.76. The van der Waals surface area contributed by atoms with Crippen molar-refractivity contribution >= 4 is 11.3 Å². The van der Waals surface area contributed by atoms with Gasteiger partial charge < -0.3 is 19.9 Å². The molecule has 1 N–H and O–H groups in total. The Hall–Kier alpha value is -3.34. The standard InChI is InChI=1S/C22H20N2OS.C11H23N3/c1-14(2)25-20-10-9-16(11-17(20)12-23)22-24-13-21(26-22)19-8-4-6-15-5-3-7-18(15)19;1-4-5-6-11(12-2)14-9-7-13(3)8-10-14/h4,6,8-11,13-14H,3,5,7H2,1-2H3;6,12H,4-5,7-10H2,1-3H3/b;11-6-.